The van der Waals surface area contributed by atoms with Crippen LogP contribution in [0, 0.1) is 0 Å². The first kappa shape index (κ1) is 10.7. The van der Waals surface area contributed by atoms with Gasteiger partial charge < -0.3 is 5.11 Å². The summed E-state index contributed by atoms with van der Waals surface area (Å²) in [5.74, 6) is 0.775. The minimum atomic E-state index is 0.258. The van der Waals surface area contributed by atoms with Gasteiger partial charge >= 0.3 is 0 Å². The molecule has 0 saturated heterocycles. The molecule has 0 heterocycles. The van der Waals surface area contributed by atoms with E-state index in [0.29, 0.717) is 0 Å². The Labute approximate surface area is 92.1 Å². The van der Waals surface area contributed by atoms with E-state index in [1.54, 1.807) is 0 Å². The Hall–Kier alpha value is -0.820. The van der Waals surface area contributed by atoms with Crippen LogP contribution in [0.25, 0.3) is 0 Å². The Bertz CT molecular complexity index is 300. The molecule has 0 bridgehead atoms. The molecule has 1 nitrogen and oxygen atoms in total. The van der Waals surface area contributed by atoms with Crippen LogP contribution in [0.15, 0.2) is 24.3 Å². The van der Waals surface area contributed by atoms with E-state index in [-0.39, 0.29) is 6.61 Å². The summed E-state index contributed by atoms with van der Waals surface area (Å²) < 4.78 is 0. The van der Waals surface area contributed by atoms with E-state index in [9.17, 15) is 0 Å². The molecular weight excluding hydrogens is 184 g/mol. The molecule has 1 N–H and O–H groups in total. The lowest BCUT2D eigenvalue weighted by atomic mass is 9.83. The summed E-state index contributed by atoms with van der Waals surface area (Å²) in [5, 5.41) is 8.92. The molecule has 1 saturated carbocycles. The number of hydrogen-bond acceptors (Lipinski definition) is 1. The summed E-state index contributed by atoms with van der Waals surface area (Å²) in [6, 6.07) is 8.78. The lowest BCUT2D eigenvalue weighted by Gasteiger charge is -2.22. The Morgan fingerprint density at radius 3 is 2.67 bits per heavy atom. The van der Waals surface area contributed by atoms with Gasteiger partial charge in [0.2, 0.25) is 0 Å². The molecule has 0 atom stereocenters. The highest BCUT2D eigenvalue weighted by molar-refractivity contribution is 5.26. The first-order valence-electron chi connectivity index (χ1n) is 6.10. The predicted molar refractivity (Wildman–Crippen MR) is 63.1 cm³/mol. The van der Waals surface area contributed by atoms with Gasteiger partial charge in [-0.3, -0.25) is 0 Å². The molecule has 0 spiro atoms. The van der Waals surface area contributed by atoms with Gasteiger partial charge in [-0.2, -0.15) is 0 Å². The van der Waals surface area contributed by atoms with Gasteiger partial charge in [0, 0.05) is 6.61 Å². The van der Waals surface area contributed by atoms with Crippen LogP contribution in [0.5, 0.6) is 0 Å². The minimum absolute atomic E-state index is 0.258. The Morgan fingerprint density at radius 1 is 1.13 bits per heavy atom. The molecule has 0 unspecified atom stereocenters. The van der Waals surface area contributed by atoms with Gasteiger partial charge in [-0.25, -0.2) is 0 Å². The number of aliphatic hydroxyl groups is 1. The zero-order chi connectivity index (χ0) is 10.5. The van der Waals surface area contributed by atoms with E-state index in [1.807, 2.05) is 0 Å². The molecule has 1 aromatic carbocycles. The van der Waals surface area contributed by atoms with Crippen molar-refractivity contribution >= 4 is 0 Å². The van der Waals surface area contributed by atoms with Crippen LogP contribution >= 0.6 is 0 Å². The molecular formula is C14H20O. The van der Waals surface area contributed by atoms with E-state index in [0.717, 1.165) is 12.3 Å². The highest BCUT2D eigenvalue weighted by atomic mass is 16.2. The van der Waals surface area contributed by atoms with E-state index in [1.165, 1.54) is 43.2 Å². The van der Waals surface area contributed by atoms with E-state index < -0.39 is 0 Å². The molecule has 1 aliphatic rings. The summed E-state index contributed by atoms with van der Waals surface area (Å²) in [7, 11) is 0. The van der Waals surface area contributed by atoms with Crippen molar-refractivity contribution in [3.63, 3.8) is 0 Å². The third-order valence-electron chi connectivity index (χ3n) is 3.43. The van der Waals surface area contributed by atoms with Crippen LogP contribution in [0.2, 0.25) is 0 Å². The third-order valence-corrected chi connectivity index (χ3v) is 3.43. The topological polar surface area (TPSA) is 20.2 Å². The first-order chi connectivity index (χ1) is 7.40. The van der Waals surface area contributed by atoms with Crippen LogP contribution in [0.4, 0.5) is 0 Å². The molecule has 1 aromatic rings. The second-order valence-corrected chi connectivity index (χ2v) is 4.55. The maximum absolute atomic E-state index is 8.92. The molecule has 1 aliphatic carbocycles. The molecule has 0 aliphatic heterocycles. The lowest BCUT2D eigenvalue weighted by molar-refractivity contribution is 0.299. The predicted octanol–water partition coefficient (Wildman–Crippen LogP) is 3.27. The van der Waals surface area contributed by atoms with Crippen molar-refractivity contribution in [1.29, 1.82) is 0 Å². The number of aliphatic hydroxyl groups excluding tert-OH is 1. The molecule has 1 fully saturated rings. The average Bonchev–Trinajstić information content (AvgIpc) is 2.31. The molecule has 0 amide bonds. The average molecular weight is 204 g/mol. The van der Waals surface area contributed by atoms with E-state index in [2.05, 4.69) is 24.3 Å². The molecule has 0 radical (unpaired) electrons. The maximum atomic E-state index is 8.92. The standard InChI is InChI=1S/C14H20O/c15-10-9-12-5-4-8-14(11-12)13-6-2-1-3-7-13/h4-5,8,11,13,15H,1-3,6-7,9-10H2. The SMILES string of the molecule is OCCc1cccc(C2CCCCC2)c1. The monoisotopic (exact) mass is 204 g/mol. The van der Waals surface area contributed by atoms with Crippen LogP contribution < -0.4 is 0 Å². The smallest absolute Gasteiger partial charge is 0.0471 e. The van der Waals surface area contributed by atoms with Gasteiger partial charge in [-0.15, -0.1) is 0 Å². The van der Waals surface area contributed by atoms with Crippen molar-refractivity contribution in [2.24, 2.45) is 0 Å². The second-order valence-electron chi connectivity index (χ2n) is 4.55. The van der Waals surface area contributed by atoms with Crippen molar-refractivity contribution in [2.45, 2.75) is 44.4 Å². The first-order valence-corrected chi connectivity index (χ1v) is 6.10. The lowest BCUT2D eigenvalue weighted by Crippen LogP contribution is -2.05. The van der Waals surface area contributed by atoms with Crippen molar-refractivity contribution in [1.82, 2.24) is 0 Å². The van der Waals surface area contributed by atoms with Gasteiger partial charge in [0.25, 0.3) is 0 Å². The molecule has 1 heteroatoms. The Morgan fingerprint density at radius 2 is 1.93 bits per heavy atom. The highest BCUT2D eigenvalue weighted by Crippen LogP contribution is 2.32. The van der Waals surface area contributed by atoms with Gasteiger partial charge in [-0.1, -0.05) is 43.5 Å². The fourth-order valence-corrected chi connectivity index (χ4v) is 2.57. The van der Waals surface area contributed by atoms with Crippen molar-refractivity contribution < 1.29 is 5.11 Å². The quantitative estimate of drug-likeness (QED) is 0.801. The summed E-state index contributed by atoms with van der Waals surface area (Å²) >= 11 is 0. The van der Waals surface area contributed by atoms with Crippen molar-refractivity contribution in [2.75, 3.05) is 6.61 Å². The summed E-state index contributed by atoms with van der Waals surface area (Å²) in [4.78, 5) is 0. The zero-order valence-corrected chi connectivity index (χ0v) is 9.28. The summed E-state index contributed by atoms with van der Waals surface area (Å²) in [5.41, 5.74) is 2.77. The minimum Gasteiger partial charge on any atom is -0.396 e. The molecule has 0 aromatic heterocycles. The second kappa shape index (κ2) is 5.32. The van der Waals surface area contributed by atoms with Crippen LogP contribution in [0.3, 0.4) is 0 Å². The van der Waals surface area contributed by atoms with Gasteiger partial charge in [-0.05, 0) is 36.3 Å². The van der Waals surface area contributed by atoms with E-state index in [4.69, 9.17) is 5.11 Å². The van der Waals surface area contributed by atoms with Crippen LogP contribution in [-0.4, -0.2) is 11.7 Å². The van der Waals surface area contributed by atoms with E-state index >= 15 is 0 Å². The number of hydrogen-bond donors (Lipinski definition) is 1. The van der Waals surface area contributed by atoms with Gasteiger partial charge in [0.05, 0.1) is 0 Å². The molecule has 15 heavy (non-hydrogen) atoms. The van der Waals surface area contributed by atoms with Crippen molar-refractivity contribution in [3.05, 3.63) is 35.4 Å². The Kier molecular flexibility index (Phi) is 3.79. The third kappa shape index (κ3) is 2.82. The molecule has 2 rings (SSSR count). The van der Waals surface area contributed by atoms with Gasteiger partial charge in [0.15, 0.2) is 0 Å². The van der Waals surface area contributed by atoms with Crippen LogP contribution in [0.1, 0.15) is 49.1 Å². The number of rotatable bonds is 3. The Balaban J connectivity index is 2.09. The molecule has 82 valence electrons. The summed E-state index contributed by atoms with van der Waals surface area (Å²) in [6.07, 6.45) is 7.67. The van der Waals surface area contributed by atoms with Gasteiger partial charge in [0.1, 0.15) is 0 Å². The largest absolute Gasteiger partial charge is 0.396 e. The summed E-state index contributed by atoms with van der Waals surface area (Å²) in [6.45, 7) is 0.258. The number of benzene rings is 1. The van der Waals surface area contributed by atoms with Crippen molar-refractivity contribution in [3.8, 4) is 0 Å². The fraction of sp³-hybridized carbons (Fsp3) is 0.571. The maximum Gasteiger partial charge on any atom is 0.0471 e. The highest BCUT2D eigenvalue weighted by Gasteiger charge is 2.15. The zero-order valence-electron chi connectivity index (χ0n) is 9.28. The van der Waals surface area contributed by atoms with Crippen LogP contribution in [-0.2, 0) is 6.42 Å². The normalized spacial score (nSPS) is 17.9. The fourth-order valence-electron chi connectivity index (χ4n) is 2.57.